The Bertz CT molecular complexity index is 381. The highest BCUT2D eigenvalue weighted by Gasteiger charge is 2.04. The van der Waals surface area contributed by atoms with Gasteiger partial charge in [0, 0.05) is 18.2 Å². The highest BCUT2D eigenvalue weighted by Crippen LogP contribution is 2.11. The predicted molar refractivity (Wildman–Crippen MR) is 53.3 cm³/mol. The largest absolute Gasteiger partial charge is 0.340 e. The second kappa shape index (κ2) is 3.88. The summed E-state index contributed by atoms with van der Waals surface area (Å²) in [5.74, 6) is 1.40. The van der Waals surface area contributed by atoms with Crippen LogP contribution in [0.15, 0.2) is 10.6 Å². The van der Waals surface area contributed by atoms with Gasteiger partial charge < -0.3 is 4.52 Å². The average Bonchev–Trinajstić information content (AvgIpc) is 2.72. The molecule has 4 nitrogen and oxygen atoms in total. The van der Waals surface area contributed by atoms with Crippen LogP contribution in [-0.2, 0) is 12.8 Å². The molecule has 0 N–H and O–H groups in total. The fourth-order valence-electron chi connectivity index (χ4n) is 1.21. The maximum absolute atomic E-state index is 4.88. The van der Waals surface area contributed by atoms with Crippen LogP contribution in [0, 0.1) is 13.8 Å². The molecule has 14 heavy (non-hydrogen) atoms. The molecule has 0 amide bonds. The predicted octanol–water partition coefficient (Wildman–Crippen LogP) is 1.93. The number of aromatic nitrogens is 3. The summed E-state index contributed by atoms with van der Waals surface area (Å²) in [4.78, 5) is 5.41. The van der Waals surface area contributed by atoms with E-state index in [9.17, 15) is 0 Å². The highest BCUT2D eigenvalue weighted by atomic mass is 32.1. The summed E-state index contributed by atoms with van der Waals surface area (Å²) >= 11 is 1.54. The fraction of sp³-hybridized carbons (Fsp3) is 0.444. The van der Waals surface area contributed by atoms with Gasteiger partial charge in [-0.1, -0.05) is 5.16 Å². The van der Waals surface area contributed by atoms with Crippen LogP contribution < -0.4 is 0 Å². The molecule has 2 rings (SSSR count). The van der Waals surface area contributed by atoms with Crippen molar-refractivity contribution in [1.29, 1.82) is 0 Å². The second-order valence-electron chi connectivity index (χ2n) is 3.16. The Morgan fingerprint density at radius 2 is 2.21 bits per heavy atom. The maximum Gasteiger partial charge on any atom is 0.223 e. The van der Waals surface area contributed by atoms with Crippen molar-refractivity contribution in [3.63, 3.8) is 0 Å². The zero-order valence-electron chi connectivity index (χ0n) is 8.15. The Morgan fingerprint density at radius 3 is 2.79 bits per heavy atom. The molecule has 0 aliphatic carbocycles. The van der Waals surface area contributed by atoms with E-state index >= 15 is 0 Å². The van der Waals surface area contributed by atoms with Crippen molar-refractivity contribution in [2.24, 2.45) is 0 Å². The number of nitrogens with zero attached hydrogens (tertiary/aromatic N) is 3. The number of rotatable bonds is 3. The normalized spacial score (nSPS) is 10.7. The van der Waals surface area contributed by atoms with Gasteiger partial charge in [0.1, 0.15) is 0 Å². The smallest absolute Gasteiger partial charge is 0.223 e. The molecule has 0 aromatic carbocycles. The Labute approximate surface area is 86.1 Å². The third-order valence-corrected chi connectivity index (χ3v) is 2.78. The van der Waals surface area contributed by atoms with Crippen LogP contribution in [0.3, 0.4) is 0 Å². The van der Waals surface area contributed by atoms with E-state index in [-0.39, 0.29) is 0 Å². The van der Waals surface area contributed by atoms with Crippen LogP contribution in [0.5, 0.6) is 0 Å². The molecule has 0 aliphatic rings. The second-order valence-corrected chi connectivity index (χ2v) is 4.05. The van der Waals surface area contributed by atoms with Crippen molar-refractivity contribution in [3.8, 4) is 0 Å². The van der Waals surface area contributed by atoms with Crippen LogP contribution in [0.25, 0.3) is 0 Å². The Morgan fingerprint density at radius 1 is 1.36 bits per heavy atom. The van der Waals surface area contributed by atoms with E-state index in [0.717, 1.165) is 24.4 Å². The van der Waals surface area contributed by atoms with Gasteiger partial charge in [0.25, 0.3) is 0 Å². The molecular formula is C9H11N3OS. The molecule has 0 radical (unpaired) electrons. The highest BCUT2D eigenvalue weighted by molar-refractivity contribution is 7.05. The van der Waals surface area contributed by atoms with E-state index < -0.39 is 0 Å². The molecule has 0 spiro atoms. The molecule has 2 aromatic heterocycles. The van der Waals surface area contributed by atoms with Crippen LogP contribution in [-0.4, -0.2) is 14.5 Å². The molecule has 74 valence electrons. The van der Waals surface area contributed by atoms with E-state index in [1.54, 1.807) is 6.92 Å². The minimum absolute atomic E-state index is 0.625. The summed E-state index contributed by atoms with van der Waals surface area (Å²) in [6, 6.07) is 2.09. The first-order valence-electron chi connectivity index (χ1n) is 4.45. The topological polar surface area (TPSA) is 51.8 Å². The molecule has 0 unspecified atom stereocenters. The van der Waals surface area contributed by atoms with E-state index in [2.05, 4.69) is 20.6 Å². The standard InChI is InChI=1S/C9H11N3OS/c1-6-5-8(14-12-6)3-4-9-10-7(2)13-11-9/h5H,3-4H2,1-2H3. The van der Waals surface area contributed by atoms with Gasteiger partial charge in [-0.05, 0) is 30.9 Å². The van der Waals surface area contributed by atoms with Gasteiger partial charge in [0.05, 0.1) is 5.69 Å². The summed E-state index contributed by atoms with van der Waals surface area (Å²) in [6.45, 7) is 3.80. The summed E-state index contributed by atoms with van der Waals surface area (Å²) in [6.07, 6.45) is 1.75. The summed E-state index contributed by atoms with van der Waals surface area (Å²) in [7, 11) is 0. The van der Waals surface area contributed by atoms with Crippen LogP contribution in [0.1, 0.15) is 22.3 Å². The summed E-state index contributed by atoms with van der Waals surface area (Å²) in [5, 5.41) is 3.84. The Kier molecular flexibility index (Phi) is 2.58. The first-order chi connectivity index (χ1) is 6.74. The molecule has 0 bridgehead atoms. The Balaban J connectivity index is 1.94. The molecule has 2 aromatic rings. The number of hydrogen-bond donors (Lipinski definition) is 0. The molecule has 0 atom stereocenters. The van der Waals surface area contributed by atoms with E-state index in [1.807, 2.05) is 6.92 Å². The molecule has 0 aliphatic heterocycles. The van der Waals surface area contributed by atoms with Crippen LogP contribution >= 0.6 is 11.5 Å². The lowest BCUT2D eigenvalue weighted by Crippen LogP contribution is -1.91. The van der Waals surface area contributed by atoms with Gasteiger partial charge in [-0.3, -0.25) is 0 Å². The van der Waals surface area contributed by atoms with E-state index in [4.69, 9.17) is 4.52 Å². The fourth-order valence-corrected chi connectivity index (χ4v) is 1.94. The van der Waals surface area contributed by atoms with Crippen LogP contribution in [0.4, 0.5) is 0 Å². The molecule has 0 saturated heterocycles. The molecule has 0 fully saturated rings. The first kappa shape index (κ1) is 9.33. The van der Waals surface area contributed by atoms with Gasteiger partial charge in [-0.15, -0.1) is 0 Å². The third-order valence-electron chi connectivity index (χ3n) is 1.84. The van der Waals surface area contributed by atoms with E-state index in [1.165, 1.54) is 16.4 Å². The summed E-state index contributed by atoms with van der Waals surface area (Å²) < 4.78 is 9.10. The number of hydrogen-bond acceptors (Lipinski definition) is 5. The SMILES string of the molecule is Cc1cc(CCc2noc(C)n2)sn1. The lowest BCUT2D eigenvalue weighted by Gasteiger charge is -1.89. The minimum atomic E-state index is 0.625. The van der Waals surface area contributed by atoms with Crippen molar-refractivity contribution < 1.29 is 4.52 Å². The van der Waals surface area contributed by atoms with Gasteiger partial charge >= 0.3 is 0 Å². The molecule has 2 heterocycles. The van der Waals surface area contributed by atoms with Gasteiger partial charge in [-0.2, -0.15) is 9.36 Å². The van der Waals surface area contributed by atoms with Crippen molar-refractivity contribution >= 4 is 11.5 Å². The van der Waals surface area contributed by atoms with Crippen molar-refractivity contribution in [2.75, 3.05) is 0 Å². The van der Waals surface area contributed by atoms with Crippen LogP contribution in [0.2, 0.25) is 0 Å². The zero-order chi connectivity index (χ0) is 9.97. The molecule has 5 heteroatoms. The Hall–Kier alpha value is -1.23. The van der Waals surface area contributed by atoms with Crippen molar-refractivity contribution in [1.82, 2.24) is 14.5 Å². The lowest BCUT2D eigenvalue weighted by atomic mass is 10.2. The molecular weight excluding hydrogens is 198 g/mol. The van der Waals surface area contributed by atoms with Gasteiger partial charge in [0.2, 0.25) is 5.89 Å². The quantitative estimate of drug-likeness (QED) is 0.775. The monoisotopic (exact) mass is 209 g/mol. The number of aryl methyl sites for hydroxylation is 4. The molecule has 0 saturated carbocycles. The third kappa shape index (κ3) is 2.17. The summed E-state index contributed by atoms with van der Waals surface area (Å²) in [5.41, 5.74) is 1.08. The minimum Gasteiger partial charge on any atom is -0.340 e. The average molecular weight is 209 g/mol. The zero-order valence-corrected chi connectivity index (χ0v) is 8.97. The lowest BCUT2D eigenvalue weighted by molar-refractivity contribution is 0.387. The van der Waals surface area contributed by atoms with E-state index in [0.29, 0.717) is 5.89 Å². The first-order valence-corrected chi connectivity index (χ1v) is 5.23. The van der Waals surface area contributed by atoms with Crippen molar-refractivity contribution in [2.45, 2.75) is 26.7 Å². The maximum atomic E-state index is 4.88. The van der Waals surface area contributed by atoms with Crippen molar-refractivity contribution in [3.05, 3.63) is 28.4 Å². The van der Waals surface area contributed by atoms with Gasteiger partial charge in [-0.25, -0.2) is 0 Å². The van der Waals surface area contributed by atoms with Gasteiger partial charge in [0.15, 0.2) is 5.82 Å².